The van der Waals surface area contributed by atoms with E-state index in [1.54, 1.807) is 0 Å². The molecule has 108 valence electrons. The lowest BCUT2D eigenvalue weighted by Gasteiger charge is -2.17. The van der Waals surface area contributed by atoms with Crippen molar-refractivity contribution in [2.24, 2.45) is 11.8 Å². The second kappa shape index (κ2) is 6.55. The van der Waals surface area contributed by atoms with Crippen molar-refractivity contribution in [3.05, 3.63) is 35.9 Å². The monoisotopic (exact) mass is 275 g/mol. The van der Waals surface area contributed by atoms with E-state index in [-0.39, 0.29) is 23.8 Å². The van der Waals surface area contributed by atoms with Gasteiger partial charge in [0.25, 0.3) is 0 Å². The van der Waals surface area contributed by atoms with Crippen LogP contribution in [0.2, 0.25) is 0 Å². The summed E-state index contributed by atoms with van der Waals surface area (Å²) in [5, 5.41) is 12.0. The number of benzene rings is 1. The van der Waals surface area contributed by atoms with E-state index >= 15 is 0 Å². The number of hydrogen-bond donors (Lipinski definition) is 2. The average Bonchev–Trinajstić information content (AvgIpc) is 2.89. The van der Waals surface area contributed by atoms with Crippen LogP contribution in [0.15, 0.2) is 30.3 Å². The minimum Gasteiger partial charge on any atom is -0.481 e. The molecule has 1 amide bonds. The summed E-state index contributed by atoms with van der Waals surface area (Å²) in [5.74, 6) is -1.28. The number of hydrogen-bond acceptors (Lipinski definition) is 2. The molecule has 0 saturated heterocycles. The van der Waals surface area contributed by atoms with Crippen LogP contribution in [0.5, 0.6) is 0 Å². The standard InChI is InChI=1S/C16H21NO3/c1-11(9-12-5-3-2-4-6-12)17-15(18)13-7-8-14(10-13)16(19)20/h2-6,11,13-14H,7-10H2,1H3,(H,17,18)(H,19,20)/t11?,13-,14+/m1/s1. The van der Waals surface area contributed by atoms with Gasteiger partial charge in [-0.3, -0.25) is 9.59 Å². The van der Waals surface area contributed by atoms with Crippen molar-refractivity contribution in [2.75, 3.05) is 0 Å². The van der Waals surface area contributed by atoms with Gasteiger partial charge in [-0.1, -0.05) is 30.3 Å². The van der Waals surface area contributed by atoms with Crippen molar-refractivity contribution in [3.63, 3.8) is 0 Å². The molecule has 1 aliphatic rings. The van der Waals surface area contributed by atoms with E-state index < -0.39 is 5.97 Å². The van der Waals surface area contributed by atoms with E-state index in [1.165, 1.54) is 5.56 Å². The zero-order chi connectivity index (χ0) is 14.5. The molecule has 1 aliphatic carbocycles. The fraction of sp³-hybridized carbons (Fsp3) is 0.500. The van der Waals surface area contributed by atoms with Crippen LogP contribution in [-0.2, 0) is 16.0 Å². The fourth-order valence-electron chi connectivity index (χ4n) is 2.82. The van der Waals surface area contributed by atoms with Gasteiger partial charge in [0.15, 0.2) is 0 Å². The topological polar surface area (TPSA) is 66.4 Å². The quantitative estimate of drug-likeness (QED) is 0.866. The first kappa shape index (κ1) is 14.6. The van der Waals surface area contributed by atoms with Gasteiger partial charge in [0.05, 0.1) is 5.92 Å². The van der Waals surface area contributed by atoms with Crippen molar-refractivity contribution in [1.82, 2.24) is 5.32 Å². The van der Waals surface area contributed by atoms with E-state index in [9.17, 15) is 9.59 Å². The van der Waals surface area contributed by atoms with Crippen molar-refractivity contribution < 1.29 is 14.7 Å². The summed E-state index contributed by atoms with van der Waals surface area (Å²) in [7, 11) is 0. The Morgan fingerprint density at radius 3 is 2.50 bits per heavy atom. The number of amides is 1. The summed E-state index contributed by atoms with van der Waals surface area (Å²) >= 11 is 0. The molecule has 2 rings (SSSR count). The van der Waals surface area contributed by atoms with Gasteiger partial charge in [-0.25, -0.2) is 0 Å². The van der Waals surface area contributed by atoms with Crippen molar-refractivity contribution in [3.8, 4) is 0 Å². The first-order chi connectivity index (χ1) is 9.56. The van der Waals surface area contributed by atoms with Crippen molar-refractivity contribution in [2.45, 2.75) is 38.6 Å². The van der Waals surface area contributed by atoms with Gasteiger partial charge in [-0.15, -0.1) is 0 Å². The molecule has 0 radical (unpaired) electrons. The van der Waals surface area contributed by atoms with E-state index in [0.29, 0.717) is 19.3 Å². The number of carboxylic acid groups (broad SMARTS) is 1. The highest BCUT2D eigenvalue weighted by Gasteiger charge is 2.34. The highest BCUT2D eigenvalue weighted by molar-refractivity contribution is 5.81. The van der Waals surface area contributed by atoms with Gasteiger partial charge in [-0.2, -0.15) is 0 Å². The largest absolute Gasteiger partial charge is 0.481 e. The third-order valence-corrected chi connectivity index (χ3v) is 3.93. The lowest BCUT2D eigenvalue weighted by Crippen LogP contribution is -2.37. The second-order valence-corrected chi connectivity index (χ2v) is 5.64. The molecule has 0 aliphatic heterocycles. The van der Waals surface area contributed by atoms with Gasteiger partial charge in [-0.05, 0) is 38.2 Å². The summed E-state index contributed by atoms with van der Waals surface area (Å²) < 4.78 is 0. The first-order valence-electron chi connectivity index (χ1n) is 7.13. The molecule has 0 spiro atoms. The molecule has 20 heavy (non-hydrogen) atoms. The second-order valence-electron chi connectivity index (χ2n) is 5.64. The molecular formula is C16H21NO3. The molecule has 0 aromatic heterocycles. The fourth-order valence-corrected chi connectivity index (χ4v) is 2.82. The van der Waals surface area contributed by atoms with Crippen LogP contribution in [0.3, 0.4) is 0 Å². The molecule has 1 aromatic rings. The Bertz CT molecular complexity index is 472. The maximum atomic E-state index is 12.1. The molecule has 0 heterocycles. The minimum absolute atomic E-state index is 0.00261. The van der Waals surface area contributed by atoms with Crippen LogP contribution in [-0.4, -0.2) is 23.0 Å². The van der Waals surface area contributed by atoms with Crippen LogP contribution in [0.1, 0.15) is 31.7 Å². The molecule has 1 aromatic carbocycles. The van der Waals surface area contributed by atoms with Gasteiger partial charge >= 0.3 is 5.97 Å². The van der Waals surface area contributed by atoms with Gasteiger partial charge in [0, 0.05) is 12.0 Å². The van der Waals surface area contributed by atoms with E-state index in [0.717, 1.165) is 6.42 Å². The van der Waals surface area contributed by atoms with E-state index in [4.69, 9.17) is 5.11 Å². The number of rotatable bonds is 5. The summed E-state index contributed by atoms with van der Waals surface area (Å²) in [6.45, 7) is 1.98. The number of carboxylic acids is 1. The molecular weight excluding hydrogens is 254 g/mol. The molecule has 1 saturated carbocycles. The normalized spacial score (nSPS) is 23.2. The Labute approximate surface area is 119 Å². The lowest BCUT2D eigenvalue weighted by atomic mass is 10.0. The van der Waals surface area contributed by atoms with Crippen LogP contribution in [0, 0.1) is 11.8 Å². The smallest absolute Gasteiger partial charge is 0.306 e. The summed E-state index contributed by atoms with van der Waals surface area (Å²) in [6, 6.07) is 10.1. The zero-order valence-corrected chi connectivity index (χ0v) is 11.7. The lowest BCUT2D eigenvalue weighted by molar-refractivity contribution is -0.141. The minimum atomic E-state index is -0.780. The van der Waals surface area contributed by atoms with E-state index in [1.807, 2.05) is 37.3 Å². The van der Waals surface area contributed by atoms with Crippen LogP contribution in [0.4, 0.5) is 0 Å². The van der Waals surface area contributed by atoms with E-state index in [2.05, 4.69) is 5.32 Å². The first-order valence-corrected chi connectivity index (χ1v) is 7.13. The predicted octanol–water partition coefficient (Wildman–Crippen LogP) is 2.23. The summed E-state index contributed by atoms with van der Waals surface area (Å²) in [4.78, 5) is 23.0. The average molecular weight is 275 g/mol. The Kier molecular flexibility index (Phi) is 4.77. The Balaban J connectivity index is 1.81. The third-order valence-electron chi connectivity index (χ3n) is 3.93. The number of nitrogens with one attached hydrogen (secondary N) is 1. The van der Waals surface area contributed by atoms with Crippen LogP contribution < -0.4 is 5.32 Å². The Morgan fingerprint density at radius 1 is 1.25 bits per heavy atom. The molecule has 4 nitrogen and oxygen atoms in total. The van der Waals surface area contributed by atoms with Gasteiger partial charge in [0.2, 0.25) is 5.91 Å². The number of carbonyl (C=O) groups is 2. The number of carbonyl (C=O) groups excluding carboxylic acids is 1. The van der Waals surface area contributed by atoms with Gasteiger partial charge in [0.1, 0.15) is 0 Å². The maximum Gasteiger partial charge on any atom is 0.306 e. The third kappa shape index (κ3) is 3.83. The molecule has 1 fully saturated rings. The Morgan fingerprint density at radius 2 is 1.90 bits per heavy atom. The SMILES string of the molecule is CC(Cc1ccccc1)NC(=O)[C@@H]1CC[C@H](C(=O)O)C1. The van der Waals surface area contributed by atoms with Crippen LogP contribution in [0.25, 0.3) is 0 Å². The number of aliphatic carboxylic acids is 1. The van der Waals surface area contributed by atoms with Crippen molar-refractivity contribution >= 4 is 11.9 Å². The Hall–Kier alpha value is -1.84. The highest BCUT2D eigenvalue weighted by atomic mass is 16.4. The molecule has 2 N–H and O–H groups in total. The molecule has 0 bridgehead atoms. The summed E-state index contributed by atoms with van der Waals surface area (Å²) in [5.41, 5.74) is 1.19. The molecule has 3 atom stereocenters. The van der Waals surface area contributed by atoms with Gasteiger partial charge < -0.3 is 10.4 Å². The maximum absolute atomic E-state index is 12.1. The predicted molar refractivity (Wildman–Crippen MR) is 76.2 cm³/mol. The highest BCUT2D eigenvalue weighted by Crippen LogP contribution is 2.31. The van der Waals surface area contributed by atoms with Crippen LogP contribution >= 0.6 is 0 Å². The molecule has 1 unspecified atom stereocenters. The van der Waals surface area contributed by atoms with Crippen molar-refractivity contribution in [1.29, 1.82) is 0 Å². The zero-order valence-electron chi connectivity index (χ0n) is 11.7. The summed E-state index contributed by atoms with van der Waals surface area (Å²) in [6.07, 6.45) is 2.56. The molecule has 4 heteroatoms.